The third-order valence-electron chi connectivity index (χ3n) is 3.58. The van der Waals surface area contributed by atoms with Gasteiger partial charge in [-0.1, -0.05) is 29.8 Å². The first-order valence-electron chi connectivity index (χ1n) is 5.93. The Labute approximate surface area is 101 Å². The fraction of sp³-hybridized carbons (Fsp3) is 0.462. The van der Waals surface area contributed by atoms with Crippen LogP contribution in [-0.2, 0) is 15.2 Å². The first-order valence-corrected chi connectivity index (χ1v) is 5.93. The zero-order valence-electron chi connectivity index (χ0n) is 9.90. The molecular formula is C13H16N2O2. The van der Waals surface area contributed by atoms with Gasteiger partial charge in [0.1, 0.15) is 12.3 Å². The van der Waals surface area contributed by atoms with Crippen molar-refractivity contribution in [2.24, 2.45) is 0 Å². The molecule has 1 unspecified atom stereocenters. The molecule has 0 saturated carbocycles. The van der Waals surface area contributed by atoms with E-state index in [1.54, 1.807) is 0 Å². The highest BCUT2D eigenvalue weighted by molar-refractivity contribution is 5.79. The molecule has 90 valence electrons. The number of hydrogen-bond acceptors (Lipinski definition) is 3. The van der Waals surface area contributed by atoms with E-state index in [0.717, 1.165) is 18.7 Å². The van der Waals surface area contributed by atoms with Crippen LogP contribution in [0.15, 0.2) is 24.3 Å². The average molecular weight is 232 g/mol. The number of rotatable bonds is 1. The number of carbonyl (C=O) groups excluding carboxylic acids is 1. The van der Waals surface area contributed by atoms with Gasteiger partial charge in [0.25, 0.3) is 0 Å². The number of fused-ring (bicyclic) bond motifs is 1. The lowest BCUT2D eigenvalue weighted by atomic mass is 9.97. The molecule has 0 bridgehead atoms. The van der Waals surface area contributed by atoms with E-state index in [9.17, 15) is 4.79 Å². The molecule has 2 aliphatic heterocycles. The molecule has 0 spiro atoms. The SMILES string of the molecule is Cc1ccc(C23COCC(=O)N2CCN3)cc1. The number of nitrogens with one attached hydrogen (secondary N) is 1. The first-order chi connectivity index (χ1) is 8.22. The topological polar surface area (TPSA) is 41.6 Å². The van der Waals surface area contributed by atoms with Gasteiger partial charge in [-0.3, -0.25) is 10.1 Å². The smallest absolute Gasteiger partial charge is 0.250 e. The van der Waals surface area contributed by atoms with E-state index in [4.69, 9.17) is 4.74 Å². The van der Waals surface area contributed by atoms with E-state index in [2.05, 4.69) is 36.5 Å². The van der Waals surface area contributed by atoms with Crippen molar-refractivity contribution in [2.75, 3.05) is 26.3 Å². The molecule has 2 aliphatic rings. The predicted molar refractivity (Wildman–Crippen MR) is 63.4 cm³/mol. The van der Waals surface area contributed by atoms with Gasteiger partial charge in [-0.25, -0.2) is 0 Å². The molecule has 1 aromatic carbocycles. The molecule has 4 nitrogen and oxygen atoms in total. The van der Waals surface area contributed by atoms with Crippen molar-refractivity contribution in [3.63, 3.8) is 0 Å². The van der Waals surface area contributed by atoms with Gasteiger partial charge in [-0.05, 0) is 12.5 Å². The fourth-order valence-electron chi connectivity index (χ4n) is 2.66. The van der Waals surface area contributed by atoms with Crippen LogP contribution in [0.1, 0.15) is 11.1 Å². The number of ether oxygens (including phenoxy) is 1. The second kappa shape index (κ2) is 3.82. The average Bonchev–Trinajstić information content (AvgIpc) is 2.76. The number of nitrogens with zero attached hydrogens (tertiary/aromatic N) is 1. The lowest BCUT2D eigenvalue weighted by Gasteiger charge is -2.41. The Balaban J connectivity index is 2.03. The van der Waals surface area contributed by atoms with E-state index in [-0.39, 0.29) is 12.5 Å². The van der Waals surface area contributed by atoms with Gasteiger partial charge in [0.05, 0.1) is 6.61 Å². The number of carbonyl (C=O) groups is 1. The van der Waals surface area contributed by atoms with Crippen LogP contribution in [0.25, 0.3) is 0 Å². The third kappa shape index (κ3) is 1.56. The van der Waals surface area contributed by atoms with Crippen molar-refractivity contribution in [2.45, 2.75) is 12.6 Å². The summed E-state index contributed by atoms with van der Waals surface area (Å²) >= 11 is 0. The van der Waals surface area contributed by atoms with Crippen LogP contribution in [0.2, 0.25) is 0 Å². The second-order valence-electron chi connectivity index (χ2n) is 4.69. The molecule has 3 rings (SSSR count). The number of hydrogen-bond donors (Lipinski definition) is 1. The summed E-state index contributed by atoms with van der Waals surface area (Å²) in [5.41, 5.74) is 1.88. The van der Waals surface area contributed by atoms with Gasteiger partial charge in [0.2, 0.25) is 5.91 Å². The van der Waals surface area contributed by atoms with Gasteiger partial charge in [0, 0.05) is 13.1 Å². The second-order valence-corrected chi connectivity index (χ2v) is 4.69. The van der Waals surface area contributed by atoms with Crippen molar-refractivity contribution in [3.05, 3.63) is 35.4 Å². The van der Waals surface area contributed by atoms with Crippen LogP contribution < -0.4 is 5.32 Å². The molecule has 0 radical (unpaired) electrons. The zero-order valence-corrected chi connectivity index (χ0v) is 9.90. The lowest BCUT2D eigenvalue weighted by molar-refractivity contribution is -0.156. The quantitative estimate of drug-likeness (QED) is 0.771. The van der Waals surface area contributed by atoms with Crippen LogP contribution >= 0.6 is 0 Å². The lowest BCUT2D eigenvalue weighted by Crippen LogP contribution is -2.58. The largest absolute Gasteiger partial charge is 0.367 e. The molecule has 1 aromatic rings. The molecule has 1 N–H and O–H groups in total. The van der Waals surface area contributed by atoms with Crippen LogP contribution in [0, 0.1) is 6.92 Å². The fourth-order valence-corrected chi connectivity index (χ4v) is 2.66. The monoisotopic (exact) mass is 232 g/mol. The van der Waals surface area contributed by atoms with Gasteiger partial charge in [-0.15, -0.1) is 0 Å². The maximum atomic E-state index is 11.9. The Bertz CT molecular complexity index is 443. The summed E-state index contributed by atoms with van der Waals surface area (Å²) in [7, 11) is 0. The number of aryl methyl sites for hydroxylation is 1. The normalized spacial score (nSPS) is 28.3. The van der Waals surface area contributed by atoms with Crippen LogP contribution in [0.5, 0.6) is 0 Å². The van der Waals surface area contributed by atoms with E-state index in [0.29, 0.717) is 6.61 Å². The zero-order chi connectivity index (χ0) is 11.9. The van der Waals surface area contributed by atoms with Crippen molar-refractivity contribution in [1.82, 2.24) is 10.2 Å². The molecule has 0 aromatic heterocycles. The van der Waals surface area contributed by atoms with Crippen molar-refractivity contribution >= 4 is 5.91 Å². The van der Waals surface area contributed by atoms with Crippen molar-refractivity contribution in [3.8, 4) is 0 Å². The van der Waals surface area contributed by atoms with E-state index >= 15 is 0 Å². The number of amides is 1. The highest BCUT2D eigenvalue weighted by Gasteiger charge is 2.47. The molecule has 4 heteroatoms. The highest BCUT2D eigenvalue weighted by Crippen LogP contribution is 2.32. The molecule has 1 amide bonds. The van der Waals surface area contributed by atoms with Gasteiger partial charge in [0.15, 0.2) is 0 Å². The molecule has 2 fully saturated rings. The number of morpholine rings is 1. The number of benzene rings is 1. The molecule has 2 saturated heterocycles. The van der Waals surface area contributed by atoms with E-state index in [1.165, 1.54) is 5.56 Å². The summed E-state index contributed by atoms with van der Waals surface area (Å²) in [5.74, 6) is 0.0711. The minimum Gasteiger partial charge on any atom is -0.367 e. The first kappa shape index (κ1) is 10.7. The summed E-state index contributed by atoms with van der Waals surface area (Å²) in [6.45, 7) is 4.37. The predicted octanol–water partition coefficient (Wildman–Crippen LogP) is 0.610. The molecule has 1 atom stereocenters. The van der Waals surface area contributed by atoms with Gasteiger partial charge < -0.3 is 9.64 Å². The van der Waals surface area contributed by atoms with Crippen LogP contribution in [-0.4, -0.2) is 37.1 Å². The summed E-state index contributed by atoms with van der Waals surface area (Å²) in [6.07, 6.45) is 0. The van der Waals surface area contributed by atoms with Crippen molar-refractivity contribution in [1.29, 1.82) is 0 Å². The summed E-state index contributed by atoms with van der Waals surface area (Å²) < 4.78 is 5.43. The summed E-state index contributed by atoms with van der Waals surface area (Å²) in [6, 6.07) is 8.29. The minimum absolute atomic E-state index is 0.0711. The minimum atomic E-state index is -0.441. The Morgan fingerprint density at radius 3 is 2.88 bits per heavy atom. The van der Waals surface area contributed by atoms with Gasteiger partial charge >= 0.3 is 0 Å². The Hall–Kier alpha value is -1.39. The Morgan fingerprint density at radius 2 is 2.12 bits per heavy atom. The molecule has 0 aliphatic carbocycles. The van der Waals surface area contributed by atoms with Crippen LogP contribution in [0.4, 0.5) is 0 Å². The Kier molecular flexibility index (Phi) is 2.42. The maximum Gasteiger partial charge on any atom is 0.250 e. The standard InChI is InChI=1S/C13H16N2O2/c1-10-2-4-11(5-3-10)13-9-17-8-12(16)15(13)7-6-14-13/h2-5,14H,6-9H2,1H3. The highest BCUT2D eigenvalue weighted by atomic mass is 16.5. The Morgan fingerprint density at radius 1 is 1.35 bits per heavy atom. The maximum absolute atomic E-state index is 11.9. The van der Waals surface area contributed by atoms with E-state index in [1.807, 2.05) is 4.90 Å². The summed E-state index contributed by atoms with van der Waals surface area (Å²) in [4.78, 5) is 13.8. The van der Waals surface area contributed by atoms with Crippen molar-refractivity contribution < 1.29 is 9.53 Å². The van der Waals surface area contributed by atoms with Crippen LogP contribution in [0.3, 0.4) is 0 Å². The van der Waals surface area contributed by atoms with E-state index < -0.39 is 5.66 Å². The molecule has 17 heavy (non-hydrogen) atoms. The molecule has 2 heterocycles. The van der Waals surface area contributed by atoms with Gasteiger partial charge in [-0.2, -0.15) is 0 Å². The summed E-state index contributed by atoms with van der Waals surface area (Å²) in [5, 5.41) is 3.42. The third-order valence-corrected chi connectivity index (χ3v) is 3.58. The molecular weight excluding hydrogens is 216 g/mol.